The average Bonchev–Trinajstić information content (AvgIpc) is 2.85. The van der Waals surface area contributed by atoms with E-state index in [1.54, 1.807) is 24.4 Å². The second kappa shape index (κ2) is 4.82. The molecule has 0 atom stereocenters. The van der Waals surface area contributed by atoms with Gasteiger partial charge in [0.15, 0.2) is 11.2 Å². The first-order chi connectivity index (χ1) is 10.1. The fourth-order valence-corrected chi connectivity index (χ4v) is 2.04. The molecule has 3 heterocycles. The summed E-state index contributed by atoms with van der Waals surface area (Å²) in [7, 11) is 0. The lowest BCUT2D eigenvalue weighted by Crippen LogP contribution is -2.26. The lowest BCUT2D eigenvalue weighted by atomic mass is 10.2. The summed E-state index contributed by atoms with van der Waals surface area (Å²) < 4.78 is 5.93. The number of hydrogen-bond acceptors (Lipinski definition) is 6. The van der Waals surface area contributed by atoms with Crippen LogP contribution in [-0.2, 0) is 6.54 Å². The van der Waals surface area contributed by atoms with Crippen molar-refractivity contribution < 1.29 is 14.4 Å². The maximum absolute atomic E-state index is 12.3. The van der Waals surface area contributed by atoms with Crippen LogP contribution in [-0.4, -0.2) is 31.0 Å². The van der Waals surface area contributed by atoms with Gasteiger partial charge in [-0.1, -0.05) is 11.2 Å². The summed E-state index contributed by atoms with van der Waals surface area (Å²) in [6.45, 7) is 1.59. The molecule has 0 radical (unpaired) electrons. The van der Waals surface area contributed by atoms with Crippen molar-refractivity contribution in [1.29, 1.82) is 0 Å². The van der Waals surface area contributed by atoms with Crippen LogP contribution in [0.3, 0.4) is 0 Å². The van der Waals surface area contributed by atoms with Gasteiger partial charge in [0.25, 0.3) is 5.56 Å². The number of nitrogens with zero attached hydrogens (tertiary/aromatic N) is 4. The van der Waals surface area contributed by atoms with Gasteiger partial charge in [0.2, 0.25) is 0 Å². The number of hydrogen-bond donors (Lipinski definition) is 1. The maximum atomic E-state index is 12.3. The van der Waals surface area contributed by atoms with Gasteiger partial charge in [-0.3, -0.25) is 9.78 Å². The van der Waals surface area contributed by atoms with E-state index < -0.39 is 11.5 Å². The van der Waals surface area contributed by atoms with Crippen LogP contribution in [0.15, 0.2) is 33.7 Å². The lowest BCUT2D eigenvalue weighted by molar-refractivity contribution is 0.0690. The van der Waals surface area contributed by atoms with Crippen molar-refractivity contribution in [2.24, 2.45) is 0 Å². The largest absolute Gasteiger partial charge is 0.476 e. The molecule has 8 nitrogen and oxygen atoms in total. The minimum absolute atomic E-state index is 0.0455. The Bertz CT molecular complexity index is 882. The first kappa shape index (κ1) is 13.0. The van der Waals surface area contributed by atoms with Gasteiger partial charge in [0.1, 0.15) is 5.76 Å². The van der Waals surface area contributed by atoms with Crippen LogP contribution >= 0.6 is 0 Å². The topological polar surface area (TPSA) is 111 Å². The Morgan fingerprint density at radius 3 is 2.90 bits per heavy atom. The van der Waals surface area contributed by atoms with Crippen molar-refractivity contribution in [2.75, 3.05) is 0 Å². The molecule has 106 valence electrons. The molecule has 0 spiro atoms. The van der Waals surface area contributed by atoms with E-state index in [1.807, 2.05) is 0 Å². The summed E-state index contributed by atoms with van der Waals surface area (Å²) in [6, 6.07) is 5.23. The van der Waals surface area contributed by atoms with E-state index in [4.69, 9.17) is 4.52 Å². The zero-order valence-electron chi connectivity index (χ0n) is 11.0. The summed E-state index contributed by atoms with van der Waals surface area (Å²) in [5.74, 6) is -1.00. The number of aromatic nitrogens is 4. The zero-order chi connectivity index (χ0) is 15.0. The van der Waals surface area contributed by atoms with E-state index in [1.165, 1.54) is 6.92 Å². The van der Waals surface area contributed by atoms with Crippen LogP contribution in [0.1, 0.15) is 21.9 Å². The molecule has 3 aromatic rings. The number of aromatic carboxylic acids is 1. The van der Waals surface area contributed by atoms with Crippen LogP contribution in [0.25, 0.3) is 10.9 Å². The van der Waals surface area contributed by atoms with E-state index in [0.29, 0.717) is 5.69 Å². The Hall–Kier alpha value is -3.03. The number of carboxylic acids is 1. The van der Waals surface area contributed by atoms with Gasteiger partial charge in [-0.05, 0) is 19.1 Å². The third-order valence-corrected chi connectivity index (χ3v) is 3.00. The molecule has 8 heteroatoms. The van der Waals surface area contributed by atoms with Crippen LogP contribution in [0.4, 0.5) is 0 Å². The normalized spacial score (nSPS) is 10.9. The number of carbonyl (C=O) groups is 1. The van der Waals surface area contributed by atoms with Crippen LogP contribution in [0.2, 0.25) is 0 Å². The molecule has 0 aliphatic heterocycles. The Morgan fingerprint density at radius 1 is 1.43 bits per heavy atom. The molecule has 1 N–H and O–H groups in total. The smallest absolute Gasteiger partial charge is 0.357 e. The lowest BCUT2D eigenvalue weighted by Gasteiger charge is -2.05. The van der Waals surface area contributed by atoms with Gasteiger partial charge in [-0.15, -0.1) is 0 Å². The third-order valence-electron chi connectivity index (χ3n) is 3.00. The molecule has 0 amide bonds. The van der Waals surface area contributed by atoms with Crippen molar-refractivity contribution >= 4 is 16.9 Å². The molecule has 0 bridgehead atoms. The highest BCUT2D eigenvalue weighted by Gasteiger charge is 2.21. The zero-order valence-corrected chi connectivity index (χ0v) is 11.0. The molecule has 0 unspecified atom stereocenters. The van der Waals surface area contributed by atoms with Gasteiger partial charge in [0, 0.05) is 6.20 Å². The number of pyridine rings is 1. The molecule has 0 aromatic carbocycles. The number of aryl methyl sites for hydroxylation is 1. The van der Waals surface area contributed by atoms with E-state index in [9.17, 15) is 14.7 Å². The fourth-order valence-electron chi connectivity index (χ4n) is 2.04. The van der Waals surface area contributed by atoms with Crippen molar-refractivity contribution in [3.05, 3.63) is 51.9 Å². The quantitative estimate of drug-likeness (QED) is 0.759. The van der Waals surface area contributed by atoms with Crippen molar-refractivity contribution in [1.82, 2.24) is 19.9 Å². The molecule has 0 aliphatic carbocycles. The molecule has 3 aromatic heterocycles. The first-order valence-corrected chi connectivity index (χ1v) is 6.08. The summed E-state index contributed by atoms with van der Waals surface area (Å²) in [5.41, 5.74) is -0.240. The first-order valence-electron chi connectivity index (χ1n) is 6.08. The van der Waals surface area contributed by atoms with Crippen molar-refractivity contribution in [2.45, 2.75) is 13.5 Å². The number of rotatable bonds is 3. The summed E-state index contributed by atoms with van der Waals surface area (Å²) >= 11 is 0. The van der Waals surface area contributed by atoms with E-state index in [2.05, 4.69) is 15.2 Å². The number of fused-ring (bicyclic) bond motifs is 1. The standard InChI is InChI=1S/C13H10N4O4/c1-7-9-10(16-21-7)12(18)17(15-11(9)13(19)20)6-8-4-2-3-5-14-8/h2-5H,6H2,1H3,(H,19,20). The predicted octanol–water partition coefficient (Wildman–Crippen LogP) is 0.834. The highest BCUT2D eigenvalue weighted by Crippen LogP contribution is 2.17. The Kier molecular flexibility index (Phi) is 2.98. The molecule has 0 saturated carbocycles. The predicted molar refractivity (Wildman–Crippen MR) is 71.1 cm³/mol. The minimum atomic E-state index is -1.25. The average molecular weight is 286 g/mol. The second-order valence-corrected chi connectivity index (χ2v) is 4.40. The molecule has 0 aliphatic rings. The molecule has 0 fully saturated rings. The molecule has 3 rings (SSSR count). The Morgan fingerprint density at radius 2 is 2.24 bits per heavy atom. The van der Waals surface area contributed by atoms with Crippen LogP contribution < -0.4 is 5.56 Å². The fraction of sp³-hybridized carbons (Fsp3) is 0.154. The monoisotopic (exact) mass is 286 g/mol. The molecular formula is C13H10N4O4. The summed E-state index contributed by atoms with van der Waals surface area (Å²) in [5, 5.41) is 16.9. The van der Waals surface area contributed by atoms with Crippen LogP contribution in [0, 0.1) is 6.92 Å². The highest BCUT2D eigenvalue weighted by atomic mass is 16.5. The Labute approximate surface area is 117 Å². The van der Waals surface area contributed by atoms with Gasteiger partial charge in [0.05, 0.1) is 17.6 Å². The highest BCUT2D eigenvalue weighted by molar-refractivity contribution is 6.00. The maximum Gasteiger partial charge on any atom is 0.357 e. The van der Waals surface area contributed by atoms with E-state index in [-0.39, 0.29) is 28.9 Å². The van der Waals surface area contributed by atoms with Gasteiger partial charge in [-0.2, -0.15) is 5.10 Å². The molecule has 21 heavy (non-hydrogen) atoms. The second-order valence-electron chi connectivity index (χ2n) is 4.40. The molecular weight excluding hydrogens is 276 g/mol. The summed E-state index contributed by atoms with van der Waals surface area (Å²) in [6.07, 6.45) is 1.58. The Balaban J connectivity index is 2.22. The van der Waals surface area contributed by atoms with Crippen LogP contribution in [0.5, 0.6) is 0 Å². The molecule has 0 saturated heterocycles. The summed E-state index contributed by atoms with van der Waals surface area (Å²) in [4.78, 5) is 27.7. The van der Waals surface area contributed by atoms with Crippen molar-refractivity contribution in [3.8, 4) is 0 Å². The third kappa shape index (κ3) is 2.16. The van der Waals surface area contributed by atoms with Gasteiger partial charge >= 0.3 is 5.97 Å². The van der Waals surface area contributed by atoms with E-state index >= 15 is 0 Å². The van der Waals surface area contributed by atoms with E-state index in [0.717, 1.165) is 4.68 Å². The van der Waals surface area contributed by atoms with Crippen molar-refractivity contribution in [3.63, 3.8) is 0 Å². The van der Waals surface area contributed by atoms with Gasteiger partial charge < -0.3 is 9.63 Å². The number of carboxylic acid groups (broad SMARTS) is 1. The SMILES string of the molecule is Cc1onc2c(=O)n(Cc3ccccn3)nc(C(=O)O)c12. The van der Waals surface area contributed by atoms with Gasteiger partial charge in [-0.25, -0.2) is 9.48 Å². The minimum Gasteiger partial charge on any atom is -0.476 e.